The van der Waals surface area contributed by atoms with Crippen molar-refractivity contribution in [2.24, 2.45) is 5.92 Å². The van der Waals surface area contributed by atoms with Crippen LogP contribution in [0.3, 0.4) is 0 Å². The Labute approximate surface area is 214 Å². The van der Waals surface area contributed by atoms with Crippen LogP contribution >= 0.6 is 0 Å². The molecular weight excluding hydrogens is 468 g/mol. The summed E-state index contributed by atoms with van der Waals surface area (Å²) >= 11 is 0. The van der Waals surface area contributed by atoms with Gasteiger partial charge in [-0.1, -0.05) is 91.0 Å². The van der Waals surface area contributed by atoms with Gasteiger partial charge in [-0.05, 0) is 23.6 Å². The monoisotopic (exact) mass is 496 g/mol. The van der Waals surface area contributed by atoms with Crippen molar-refractivity contribution in [2.75, 3.05) is 6.61 Å². The van der Waals surface area contributed by atoms with Gasteiger partial charge < -0.3 is 14.3 Å². The van der Waals surface area contributed by atoms with Crippen LogP contribution in [0.25, 0.3) is 0 Å². The number of benzene rings is 3. The number of nitrogens with zero attached hydrogens (tertiary/aromatic N) is 1. The molecule has 3 aromatic carbocycles. The van der Waals surface area contributed by atoms with Crippen LogP contribution in [0.1, 0.15) is 34.9 Å². The van der Waals surface area contributed by atoms with Gasteiger partial charge in [0.25, 0.3) is 5.56 Å². The van der Waals surface area contributed by atoms with Crippen molar-refractivity contribution in [3.8, 4) is 0 Å². The summed E-state index contributed by atoms with van der Waals surface area (Å²) in [6.45, 7) is 1.73. The van der Waals surface area contributed by atoms with E-state index in [-0.39, 0.29) is 6.61 Å². The quantitative estimate of drug-likeness (QED) is 0.295. The number of aryl methyl sites for hydroxylation is 1. The molecule has 4 aromatic rings. The lowest BCUT2D eigenvalue weighted by atomic mass is 9.80. The van der Waals surface area contributed by atoms with Crippen LogP contribution in [0.15, 0.2) is 107 Å². The Balaban J connectivity index is 1.52. The molecule has 0 spiro atoms. The van der Waals surface area contributed by atoms with Crippen molar-refractivity contribution in [3.05, 3.63) is 140 Å². The van der Waals surface area contributed by atoms with Crippen molar-refractivity contribution >= 4 is 6.29 Å². The first kappa shape index (κ1) is 24.6. The van der Waals surface area contributed by atoms with Crippen LogP contribution in [0.2, 0.25) is 0 Å². The summed E-state index contributed by atoms with van der Waals surface area (Å²) in [5.41, 5.74) is 1.25. The third kappa shape index (κ3) is 4.71. The van der Waals surface area contributed by atoms with E-state index >= 15 is 0 Å². The lowest BCUT2D eigenvalue weighted by Gasteiger charge is -2.37. The van der Waals surface area contributed by atoms with Gasteiger partial charge in [-0.3, -0.25) is 14.3 Å². The molecule has 188 valence electrons. The maximum Gasteiger partial charge on any atom is 0.330 e. The fourth-order valence-corrected chi connectivity index (χ4v) is 5.00. The summed E-state index contributed by atoms with van der Waals surface area (Å²) in [6.07, 6.45) is 1.35. The van der Waals surface area contributed by atoms with E-state index in [1.807, 2.05) is 91.0 Å². The van der Waals surface area contributed by atoms with E-state index in [9.17, 15) is 14.4 Å². The number of hydrogen-bond acceptors (Lipinski definition) is 5. The smallest absolute Gasteiger partial charge is 0.330 e. The van der Waals surface area contributed by atoms with E-state index in [0.717, 1.165) is 23.0 Å². The Hall–Kier alpha value is -4.07. The zero-order valence-corrected chi connectivity index (χ0v) is 20.4. The molecule has 1 aromatic heterocycles. The highest BCUT2D eigenvalue weighted by Crippen LogP contribution is 2.42. The van der Waals surface area contributed by atoms with Crippen LogP contribution in [-0.2, 0) is 19.9 Å². The average molecular weight is 497 g/mol. The first-order valence-corrected chi connectivity index (χ1v) is 12.3. The van der Waals surface area contributed by atoms with Gasteiger partial charge in [-0.25, -0.2) is 4.79 Å². The standard InChI is InChI=1S/C30H28N2O5/c1-21-18-32(29(35)31-28(21)34)27-17-22(19-33)26(37-27)20-36-30(23-11-5-2-6-12-23,24-13-7-3-8-14-24)25-15-9-4-10-16-25/h2-16,18-19,22,26-27H,17,20H2,1H3,(H,31,34,35)/t22-,26-,27-/m1/s1. The number of aromatic nitrogens is 2. The molecule has 0 amide bonds. The lowest BCUT2D eigenvalue weighted by Crippen LogP contribution is -2.37. The zero-order valence-electron chi connectivity index (χ0n) is 20.4. The number of rotatable bonds is 8. The minimum Gasteiger partial charge on any atom is -0.358 e. The summed E-state index contributed by atoms with van der Waals surface area (Å²) in [5.74, 6) is -0.482. The van der Waals surface area contributed by atoms with E-state index in [4.69, 9.17) is 9.47 Å². The first-order valence-electron chi connectivity index (χ1n) is 12.3. The van der Waals surface area contributed by atoms with Crippen LogP contribution < -0.4 is 11.2 Å². The SMILES string of the molecule is Cc1cn([C@H]2C[C@H](C=O)[C@@H](COC(c3ccccc3)(c3ccccc3)c3ccccc3)O2)c(=O)[nH]c1=O. The molecule has 1 fully saturated rings. The lowest BCUT2D eigenvalue weighted by molar-refractivity contribution is -0.117. The largest absolute Gasteiger partial charge is 0.358 e. The molecule has 1 aliphatic rings. The molecule has 0 aliphatic carbocycles. The van der Waals surface area contributed by atoms with Crippen molar-refractivity contribution in [2.45, 2.75) is 31.3 Å². The molecular formula is C30H28N2O5. The number of aldehydes is 1. The van der Waals surface area contributed by atoms with Crippen LogP contribution in [0.4, 0.5) is 0 Å². The zero-order chi connectivity index (χ0) is 25.8. The maximum atomic E-state index is 12.5. The second-order valence-corrected chi connectivity index (χ2v) is 9.23. The van der Waals surface area contributed by atoms with Crippen LogP contribution in [0, 0.1) is 12.8 Å². The molecule has 7 nitrogen and oxygen atoms in total. The third-order valence-corrected chi connectivity index (χ3v) is 6.92. The van der Waals surface area contributed by atoms with Gasteiger partial charge in [-0.2, -0.15) is 0 Å². The molecule has 1 aliphatic heterocycles. The molecule has 0 bridgehead atoms. The molecule has 5 rings (SSSR count). The van der Waals surface area contributed by atoms with Gasteiger partial charge in [0.15, 0.2) is 0 Å². The van der Waals surface area contributed by atoms with Crippen molar-refractivity contribution < 1.29 is 14.3 Å². The number of nitrogens with one attached hydrogen (secondary N) is 1. The molecule has 3 atom stereocenters. The number of aromatic amines is 1. The highest BCUT2D eigenvalue weighted by molar-refractivity contribution is 5.55. The van der Waals surface area contributed by atoms with Gasteiger partial charge in [0.2, 0.25) is 0 Å². The van der Waals surface area contributed by atoms with Gasteiger partial charge in [0.1, 0.15) is 18.1 Å². The van der Waals surface area contributed by atoms with Gasteiger partial charge in [-0.15, -0.1) is 0 Å². The molecule has 2 heterocycles. The van der Waals surface area contributed by atoms with Gasteiger partial charge >= 0.3 is 5.69 Å². The van der Waals surface area contributed by atoms with Crippen LogP contribution in [0.5, 0.6) is 0 Å². The van der Waals surface area contributed by atoms with Gasteiger partial charge in [0.05, 0.1) is 12.7 Å². The summed E-state index contributed by atoms with van der Waals surface area (Å²) in [5, 5.41) is 0. The summed E-state index contributed by atoms with van der Waals surface area (Å²) in [7, 11) is 0. The second kappa shape index (κ2) is 10.5. The van der Waals surface area contributed by atoms with Crippen molar-refractivity contribution in [1.29, 1.82) is 0 Å². The first-order chi connectivity index (χ1) is 18.0. The fraction of sp³-hybridized carbons (Fsp3) is 0.233. The van der Waals surface area contributed by atoms with E-state index in [0.29, 0.717) is 12.0 Å². The Bertz CT molecular complexity index is 1370. The Morgan fingerprint density at radius 3 is 1.92 bits per heavy atom. The van der Waals surface area contributed by atoms with E-state index in [1.165, 1.54) is 10.8 Å². The molecule has 7 heteroatoms. The maximum absolute atomic E-state index is 12.5. The molecule has 0 unspecified atom stereocenters. The van der Waals surface area contributed by atoms with Crippen molar-refractivity contribution in [3.63, 3.8) is 0 Å². The molecule has 37 heavy (non-hydrogen) atoms. The molecule has 1 N–H and O–H groups in total. The third-order valence-electron chi connectivity index (χ3n) is 6.92. The highest BCUT2D eigenvalue weighted by atomic mass is 16.6. The Kier molecular flexibility index (Phi) is 6.99. The van der Waals surface area contributed by atoms with Crippen molar-refractivity contribution in [1.82, 2.24) is 9.55 Å². The number of carbonyl (C=O) groups is 1. The Morgan fingerprint density at radius 1 is 0.919 bits per heavy atom. The second-order valence-electron chi connectivity index (χ2n) is 9.23. The van der Waals surface area contributed by atoms with Crippen LogP contribution in [-0.4, -0.2) is 28.5 Å². The minimum absolute atomic E-state index is 0.107. The fourth-order valence-electron chi connectivity index (χ4n) is 5.00. The predicted molar refractivity (Wildman–Crippen MR) is 139 cm³/mol. The summed E-state index contributed by atoms with van der Waals surface area (Å²) in [4.78, 5) is 38.6. The highest BCUT2D eigenvalue weighted by Gasteiger charge is 2.42. The summed E-state index contributed by atoms with van der Waals surface area (Å²) < 4.78 is 14.4. The molecule has 0 radical (unpaired) electrons. The Morgan fingerprint density at radius 2 is 1.43 bits per heavy atom. The molecule has 1 saturated heterocycles. The minimum atomic E-state index is -0.954. The normalized spacial score (nSPS) is 19.5. The van der Waals surface area contributed by atoms with E-state index in [2.05, 4.69) is 4.98 Å². The summed E-state index contributed by atoms with van der Waals surface area (Å²) in [6, 6.07) is 29.9. The average Bonchev–Trinajstić information content (AvgIpc) is 3.36. The number of ether oxygens (including phenoxy) is 2. The van der Waals surface area contributed by atoms with E-state index < -0.39 is 35.1 Å². The number of H-pyrrole nitrogens is 1. The van der Waals surface area contributed by atoms with E-state index in [1.54, 1.807) is 6.92 Å². The topological polar surface area (TPSA) is 90.4 Å². The van der Waals surface area contributed by atoms with Gasteiger partial charge in [0, 0.05) is 24.1 Å². The molecule has 0 saturated carbocycles. The predicted octanol–water partition coefficient (Wildman–Crippen LogP) is 3.96. The number of hydrogen-bond donors (Lipinski definition) is 1. The number of carbonyl (C=O) groups excluding carboxylic acids is 1.